The zero-order chi connectivity index (χ0) is 21.2. The Bertz CT molecular complexity index is 1260. The lowest BCUT2D eigenvalue weighted by atomic mass is 9.94. The van der Waals surface area contributed by atoms with Crippen LogP contribution in [0.5, 0.6) is 0 Å². The van der Waals surface area contributed by atoms with Crippen molar-refractivity contribution in [3.05, 3.63) is 59.3 Å². The topological polar surface area (TPSA) is 120 Å². The third kappa shape index (κ3) is 3.96. The molecule has 0 N–H and O–H groups in total. The number of para-hydroxylation sites is 2. The molecular formula is C21H20N6O4. The molecule has 0 saturated carbocycles. The van der Waals surface area contributed by atoms with Gasteiger partial charge in [-0.05, 0) is 30.9 Å². The maximum Gasteiger partial charge on any atom is 0.420 e. The Kier molecular flexibility index (Phi) is 5.03. The van der Waals surface area contributed by atoms with Gasteiger partial charge in [0, 0.05) is 31.9 Å². The second-order valence-corrected chi connectivity index (χ2v) is 7.58. The van der Waals surface area contributed by atoms with Crippen LogP contribution in [-0.4, -0.2) is 48.6 Å². The number of amides is 1. The largest absolute Gasteiger partial charge is 0.420 e. The molecule has 1 amide bonds. The predicted octanol–water partition coefficient (Wildman–Crippen LogP) is 1.92. The summed E-state index contributed by atoms with van der Waals surface area (Å²) in [5.41, 5.74) is 1.65. The van der Waals surface area contributed by atoms with Crippen molar-refractivity contribution < 1.29 is 13.7 Å². The van der Waals surface area contributed by atoms with Crippen molar-refractivity contribution in [2.24, 2.45) is 5.92 Å². The summed E-state index contributed by atoms with van der Waals surface area (Å²) >= 11 is 0. The fourth-order valence-corrected chi connectivity index (χ4v) is 3.96. The molecular weight excluding hydrogens is 400 g/mol. The minimum atomic E-state index is -0.523. The molecule has 31 heavy (non-hydrogen) atoms. The van der Waals surface area contributed by atoms with Crippen molar-refractivity contribution in [2.75, 3.05) is 13.1 Å². The first-order valence-electron chi connectivity index (χ1n) is 10.1. The number of likely N-dealkylation sites (tertiary alicyclic amines) is 1. The van der Waals surface area contributed by atoms with Crippen molar-refractivity contribution in [3.63, 3.8) is 0 Å². The van der Waals surface area contributed by atoms with Crippen LogP contribution in [0.1, 0.15) is 18.7 Å². The van der Waals surface area contributed by atoms with E-state index in [0.29, 0.717) is 48.0 Å². The van der Waals surface area contributed by atoms with Gasteiger partial charge in [-0.15, -0.1) is 0 Å². The highest BCUT2D eigenvalue weighted by atomic mass is 16.5. The first-order chi connectivity index (χ1) is 15.2. The molecule has 4 heterocycles. The number of benzene rings is 1. The minimum absolute atomic E-state index is 0.0417. The Balaban J connectivity index is 1.25. The van der Waals surface area contributed by atoms with Crippen molar-refractivity contribution >= 4 is 17.0 Å². The second kappa shape index (κ2) is 8.13. The van der Waals surface area contributed by atoms with Gasteiger partial charge in [-0.3, -0.25) is 14.3 Å². The quantitative estimate of drug-likeness (QED) is 0.480. The molecule has 158 valence electrons. The summed E-state index contributed by atoms with van der Waals surface area (Å²) in [6.45, 7) is 1.20. The molecule has 0 spiro atoms. The summed E-state index contributed by atoms with van der Waals surface area (Å²) < 4.78 is 12.0. The van der Waals surface area contributed by atoms with E-state index in [1.165, 1.54) is 4.57 Å². The van der Waals surface area contributed by atoms with Gasteiger partial charge < -0.3 is 13.8 Å². The first kappa shape index (κ1) is 19.2. The molecule has 1 aromatic carbocycles. The highest BCUT2D eigenvalue weighted by Gasteiger charge is 2.26. The normalized spacial score (nSPS) is 16.6. The predicted molar refractivity (Wildman–Crippen MR) is 109 cm³/mol. The molecule has 4 aromatic rings. The number of carbonyl (C=O) groups excluding carboxylic acids is 1. The standard InChI is InChI=1S/C21H20N6O4/c28-19(13-27-16-5-1-2-6-17(16)30-21(27)29)26-9-3-4-14(12-26)10-18-24-20(25-31-18)15-11-22-7-8-23-15/h1-2,5-8,11,14H,3-4,9-10,12-13H2/t14-/m1/s1. The zero-order valence-electron chi connectivity index (χ0n) is 16.7. The van der Waals surface area contributed by atoms with Crippen LogP contribution in [0.25, 0.3) is 22.6 Å². The van der Waals surface area contributed by atoms with Crippen LogP contribution in [0.4, 0.5) is 0 Å². The average Bonchev–Trinajstić information content (AvgIpc) is 3.39. The number of carbonyl (C=O) groups is 1. The lowest BCUT2D eigenvalue weighted by molar-refractivity contribution is -0.133. The van der Waals surface area contributed by atoms with Gasteiger partial charge in [-0.2, -0.15) is 4.98 Å². The van der Waals surface area contributed by atoms with Crippen LogP contribution in [0.3, 0.4) is 0 Å². The maximum absolute atomic E-state index is 12.9. The van der Waals surface area contributed by atoms with Crippen LogP contribution >= 0.6 is 0 Å². The van der Waals surface area contributed by atoms with E-state index in [0.717, 1.165) is 12.8 Å². The monoisotopic (exact) mass is 420 g/mol. The highest BCUT2D eigenvalue weighted by molar-refractivity contribution is 5.79. The number of piperidine rings is 1. The van der Waals surface area contributed by atoms with Crippen molar-refractivity contribution in [2.45, 2.75) is 25.8 Å². The van der Waals surface area contributed by atoms with E-state index in [2.05, 4.69) is 20.1 Å². The molecule has 1 aliphatic heterocycles. The molecule has 3 aromatic heterocycles. The first-order valence-corrected chi connectivity index (χ1v) is 10.1. The lowest BCUT2D eigenvalue weighted by Crippen LogP contribution is -2.42. The van der Waals surface area contributed by atoms with Gasteiger partial charge in [-0.1, -0.05) is 17.3 Å². The molecule has 1 fully saturated rings. The van der Waals surface area contributed by atoms with E-state index in [9.17, 15) is 9.59 Å². The van der Waals surface area contributed by atoms with Crippen molar-refractivity contribution in [1.29, 1.82) is 0 Å². The van der Waals surface area contributed by atoms with E-state index >= 15 is 0 Å². The third-order valence-electron chi connectivity index (χ3n) is 5.46. The van der Waals surface area contributed by atoms with Crippen LogP contribution in [-0.2, 0) is 17.8 Å². The molecule has 10 heteroatoms. The Labute approximate surface area is 176 Å². The highest BCUT2D eigenvalue weighted by Crippen LogP contribution is 2.22. The molecule has 0 radical (unpaired) electrons. The Morgan fingerprint density at radius 2 is 2.13 bits per heavy atom. The summed E-state index contributed by atoms with van der Waals surface area (Å²) in [5, 5.41) is 3.98. The van der Waals surface area contributed by atoms with Crippen molar-refractivity contribution in [1.82, 2.24) is 29.6 Å². The average molecular weight is 420 g/mol. The van der Waals surface area contributed by atoms with Crippen molar-refractivity contribution in [3.8, 4) is 11.5 Å². The summed E-state index contributed by atoms with van der Waals surface area (Å²) in [4.78, 5) is 39.5. The number of aromatic nitrogens is 5. The van der Waals surface area contributed by atoms with E-state index in [4.69, 9.17) is 8.94 Å². The summed E-state index contributed by atoms with van der Waals surface area (Å²) in [6.07, 6.45) is 7.15. The number of nitrogens with zero attached hydrogens (tertiary/aromatic N) is 6. The zero-order valence-corrected chi connectivity index (χ0v) is 16.7. The summed E-state index contributed by atoms with van der Waals surface area (Å²) in [5.74, 6) is 0.482. The van der Waals surface area contributed by atoms with Crippen LogP contribution < -0.4 is 5.76 Å². The van der Waals surface area contributed by atoms with Crippen LogP contribution in [0, 0.1) is 5.92 Å². The molecule has 1 atom stereocenters. The fourth-order valence-electron chi connectivity index (χ4n) is 3.96. The van der Waals surface area contributed by atoms with E-state index in [1.54, 1.807) is 41.7 Å². The SMILES string of the molecule is O=C(Cn1c(=O)oc2ccccc21)N1CCC[C@H](Cc2nc(-c3cnccn3)no2)C1. The lowest BCUT2D eigenvalue weighted by Gasteiger charge is -2.32. The molecule has 10 nitrogen and oxygen atoms in total. The Morgan fingerprint density at radius 1 is 1.23 bits per heavy atom. The van der Waals surface area contributed by atoms with Gasteiger partial charge in [0.2, 0.25) is 17.6 Å². The smallest absolute Gasteiger partial charge is 0.408 e. The summed E-state index contributed by atoms with van der Waals surface area (Å²) in [6, 6.07) is 7.10. The van der Waals surface area contributed by atoms with Gasteiger partial charge >= 0.3 is 5.76 Å². The van der Waals surface area contributed by atoms with Gasteiger partial charge in [0.15, 0.2) is 5.58 Å². The van der Waals surface area contributed by atoms with Gasteiger partial charge in [0.1, 0.15) is 12.2 Å². The maximum atomic E-state index is 12.9. The second-order valence-electron chi connectivity index (χ2n) is 7.58. The number of hydrogen-bond donors (Lipinski definition) is 0. The van der Waals surface area contributed by atoms with E-state index < -0.39 is 5.76 Å². The van der Waals surface area contributed by atoms with E-state index in [1.807, 2.05) is 6.07 Å². The minimum Gasteiger partial charge on any atom is -0.408 e. The Hall–Kier alpha value is -3.82. The van der Waals surface area contributed by atoms with Crippen LogP contribution in [0.15, 0.2) is 56.6 Å². The van der Waals surface area contributed by atoms with Gasteiger partial charge in [0.05, 0.1) is 11.7 Å². The summed E-state index contributed by atoms with van der Waals surface area (Å²) in [7, 11) is 0. The van der Waals surface area contributed by atoms with Crippen LogP contribution in [0.2, 0.25) is 0 Å². The molecule has 1 saturated heterocycles. The molecule has 0 aliphatic carbocycles. The number of rotatable bonds is 5. The molecule has 0 bridgehead atoms. The number of oxazole rings is 1. The number of fused-ring (bicyclic) bond motifs is 1. The third-order valence-corrected chi connectivity index (χ3v) is 5.46. The van der Waals surface area contributed by atoms with E-state index in [-0.39, 0.29) is 18.4 Å². The molecule has 0 unspecified atom stereocenters. The molecule has 1 aliphatic rings. The fraction of sp³-hybridized carbons (Fsp3) is 0.333. The Morgan fingerprint density at radius 3 is 3.00 bits per heavy atom. The molecule has 5 rings (SSSR count). The van der Waals surface area contributed by atoms with Gasteiger partial charge in [0.25, 0.3) is 0 Å². The van der Waals surface area contributed by atoms with Gasteiger partial charge in [-0.25, -0.2) is 9.78 Å². The number of hydrogen-bond acceptors (Lipinski definition) is 8.